The summed E-state index contributed by atoms with van der Waals surface area (Å²) in [5, 5.41) is 5.32. The van der Waals surface area contributed by atoms with Crippen molar-refractivity contribution >= 4 is 17.8 Å². The molecule has 0 spiro atoms. The first kappa shape index (κ1) is 17.6. The van der Waals surface area contributed by atoms with Crippen LogP contribution in [0.1, 0.15) is 17.5 Å². The summed E-state index contributed by atoms with van der Waals surface area (Å²) in [6.45, 7) is 0.627. The molecule has 0 saturated carbocycles. The lowest BCUT2D eigenvalue weighted by Crippen LogP contribution is -2.36. The normalized spacial score (nSPS) is 16.5. The Morgan fingerprint density at radius 2 is 1.88 bits per heavy atom. The SMILES string of the molecule is O=C(CC1NC(=O)N(CCc2ccccc2)C1=O)NCc1cccnc1. The summed E-state index contributed by atoms with van der Waals surface area (Å²) < 4.78 is 0. The van der Waals surface area contributed by atoms with Crippen LogP contribution >= 0.6 is 0 Å². The van der Waals surface area contributed by atoms with E-state index in [-0.39, 0.29) is 18.2 Å². The standard InChI is InChI=1S/C19H20N4O3/c24-17(21-13-15-7-4-9-20-12-15)11-16-18(25)23(19(26)22-16)10-8-14-5-2-1-3-6-14/h1-7,9,12,16H,8,10-11,13H2,(H,21,24)(H,22,26). The van der Waals surface area contributed by atoms with Crippen LogP contribution in [0.3, 0.4) is 0 Å². The maximum absolute atomic E-state index is 12.4. The summed E-state index contributed by atoms with van der Waals surface area (Å²) in [4.78, 5) is 41.6. The molecule has 3 rings (SSSR count). The van der Waals surface area contributed by atoms with Gasteiger partial charge in [-0.2, -0.15) is 0 Å². The zero-order valence-corrected chi connectivity index (χ0v) is 14.2. The van der Waals surface area contributed by atoms with Crippen LogP contribution in [0.25, 0.3) is 0 Å². The molecule has 0 bridgehead atoms. The highest BCUT2D eigenvalue weighted by atomic mass is 16.2. The first-order valence-corrected chi connectivity index (χ1v) is 8.45. The van der Waals surface area contributed by atoms with Crippen LogP contribution < -0.4 is 10.6 Å². The summed E-state index contributed by atoms with van der Waals surface area (Å²) in [6.07, 6.45) is 3.82. The second kappa shape index (κ2) is 8.24. The molecule has 1 aromatic carbocycles. The summed E-state index contributed by atoms with van der Waals surface area (Å²) in [7, 11) is 0. The quantitative estimate of drug-likeness (QED) is 0.734. The maximum Gasteiger partial charge on any atom is 0.324 e. The smallest absolute Gasteiger partial charge is 0.324 e. The van der Waals surface area contributed by atoms with Gasteiger partial charge in [0, 0.05) is 25.5 Å². The number of urea groups is 1. The number of hydrogen-bond acceptors (Lipinski definition) is 4. The highest BCUT2D eigenvalue weighted by Crippen LogP contribution is 2.11. The van der Waals surface area contributed by atoms with Crippen molar-refractivity contribution in [3.8, 4) is 0 Å². The van der Waals surface area contributed by atoms with E-state index in [0.29, 0.717) is 19.5 Å². The molecular formula is C19H20N4O3. The Hall–Kier alpha value is -3.22. The van der Waals surface area contributed by atoms with Gasteiger partial charge in [0.25, 0.3) is 5.91 Å². The molecule has 7 heteroatoms. The third-order valence-corrected chi connectivity index (χ3v) is 4.18. The summed E-state index contributed by atoms with van der Waals surface area (Å²) in [5.41, 5.74) is 1.91. The number of carbonyl (C=O) groups is 3. The maximum atomic E-state index is 12.4. The minimum Gasteiger partial charge on any atom is -0.352 e. The van der Waals surface area contributed by atoms with Gasteiger partial charge < -0.3 is 10.6 Å². The van der Waals surface area contributed by atoms with Gasteiger partial charge in [-0.3, -0.25) is 19.5 Å². The lowest BCUT2D eigenvalue weighted by atomic mass is 10.1. The number of aromatic nitrogens is 1. The Bertz CT molecular complexity index is 780. The van der Waals surface area contributed by atoms with Crippen molar-refractivity contribution in [2.75, 3.05) is 6.54 Å². The highest BCUT2D eigenvalue weighted by molar-refractivity contribution is 6.05. The Balaban J connectivity index is 1.49. The third kappa shape index (κ3) is 4.44. The number of benzene rings is 1. The van der Waals surface area contributed by atoms with Gasteiger partial charge in [0.1, 0.15) is 6.04 Å². The van der Waals surface area contributed by atoms with Gasteiger partial charge in [-0.15, -0.1) is 0 Å². The van der Waals surface area contributed by atoms with E-state index in [1.54, 1.807) is 18.5 Å². The molecule has 1 saturated heterocycles. The number of nitrogens with zero attached hydrogens (tertiary/aromatic N) is 2. The number of rotatable bonds is 7. The van der Waals surface area contributed by atoms with E-state index in [1.807, 2.05) is 36.4 Å². The van der Waals surface area contributed by atoms with Crippen molar-refractivity contribution in [3.05, 3.63) is 66.0 Å². The van der Waals surface area contributed by atoms with Crippen molar-refractivity contribution in [1.29, 1.82) is 0 Å². The van der Waals surface area contributed by atoms with Crippen molar-refractivity contribution in [2.45, 2.75) is 25.4 Å². The molecule has 1 aromatic heterocycles. The number of carbonyl (C=O) groups excluding carboxylic acids is 3. The number of hydrogen-bond donors (Lipinski definition) is 2. The summed E-state index contributed by atoms with van der Waals surface area (Å²) in [6, 6.07) is 12.0. The highest BCUT2D eigenvalue weighted by Gasteiger charge is 2.38. The first-order valence-electron chi connectivity index (χ1n) is 8.45. The molecule has 1 aliphatic rings. The van der Waals surface area contributed by atoms with E-state index in [9.17, 15) is 14.4 Å². The number of pyridine rings is 1. The van der Waals surface area contributed by atoms with Gasteiger partial charge in [0.2, 0.25) is 5.91 Å². The van der Waals surface area contributed by atoms with Crippen LogP contribution in [0.15, 0.2) is 54.9 Å². The molecular weight excluding hydrogens is 332 g/mol. The molecule has 1 atom stereocenters. The van der Waals surface area contributed by atoms with E-state index < -0.39 is 12.1 Å². The van der Waals surface area contributed by atoms with Crippen LogP contribution in [0.2, 0.25) is 0 Å². The fourth-order valence-corrected chi connectivity index (χ4v) is 2.77. The molecule has 2 heterocycles. The van der Waals surface area contributed by atoms with Gasteiger partial charge in [-0.25, -0.2) is 4.79 Å². The molecule has 1 unspecified atom stereocenters. The monoisotopic (exact) mass is 352 g/mol. The molecule has 0 aliphatic carbocycles. The second-order valence-electron chi connectivity index (χ2n) is 6.07. The Morgan fingerprint density at radius 1 is 1.12 bits per heavy atom. The molecule has 2 N–H and O–H groups in total. The minimum atomic E-state index is -0.813. The number of imide groups is 1. The topological polar surface area (TPSA) is 91.4 Å². The van der Waals surface area contributed by atoms with Crippen molar-refractivity contribution < 1.29 is 14.4 Å². The predicted octanol–water partition coefficient (Wildman–Crippen LogP) is 1.25. The van der Waals surface area contributed by atoms with E-state index in [1.165, 1.54) is 4.90 Å². The van der Waals surface area contributed by atoms with E-state index in [4.69, 9.17) is 0 Å². The Kier molecular flexibility index (Phi) is 5.58. The van der Waals surface area contributed by atoms with Crippen LogP contribution in [-0.2, 0) is 22.6 Å². The van der Waals surface area contributed by atoms with Gasteiger partial charge in [0.05, 0.1) is 6.42 Å². The average molecular weight is 352 g/mol. The number of nitrogens with one attached hydrogen (secondary N) is 2. The van der Waals surface area contributed by atoms with Crippen molar-refractivity contribution in [2.24, 2.45) is 0 Å². The zero-order valence-electron chi connectivity index (χ0n) is 14.2. The van der Waals surface area contributed by atoms with Crippen molar-refractivity contribution in [3.63, 3.8) is 0 Å². The predicted molar refractivity (Wildman–Crippen MR) is 94.9 cm³/mol. The van der Waals surface area contributed by atoms with Crippen LogP contribution in [0.4, 0.5) is 4.79 Å². The largest absolute Gasteiger partial charge is 0.352 e. The molecule has 2 aromatic rings. The Morgan fingerprint density at radius 3 is 2.62 bits per heavy atom. The van der Waals surface area contributed by atoms with Crippen LogP contribution in [0.5, 0.6) is 0 Å². The summed E-state index contributed by atoms with van der Waals surface area (Å²) in [5.74, 6) is -0.653. The molecule has 26 heavy (non-hydrogen) atoms. The number of amides is 4. The molecule has 1 aliphatic heterocycles. The van der Waals surface area contributed by atoms with Gasteiger partial charge in [-0.05, 0) is 23.6 Å². The van der Waals surface area contributed by atoms with Gasteiger partial charge in [0.15, 0.2) is 0 Å². The molecule has 7 nitrogen and oxygen atoms in total. The Labute approximate surface area is 151 Å². The van der Waals surface area contributed by atoms with Crippen LogP contribution in [-0.4, -0.2) is 40.3 Å². The third-order valence-electron chi connectivity index (χ3n) is 4.18. The molecule has 0 radical (unpaired) electrons. The first-order chi connectivity index (χ1) is 12.6. The van der Waals surface area contributed by atoms with Gasteiger partial charge >= 0.3 is 6.03 Å². The van der Waals surface area contributed by atoms with Crippen LogP contribution in [0, 0.1) is 0 Å². The molecule has 4 amide bonds. The molecule has 134 valence electrons. The van der Waals surface area contributed by atoms with Gasteiger partial charge in [-0.1, -0.05) is 36.4 Å². The lowest BCUT2D eigenvalue weighted by Gasteiger charge is -2.13. The van der Waals surface area contributed by atoms with E-state index >= 15 is 0 Å². The van der Waals surface area contributed by atoms with Crippen molar-refractivity contribution in [1.82, 2.24) is 20.5 Å². The fourth-order valence-electron chi connectivity index (χ4n) is 2.77. The second-order valence-corrected chi connectivity index (χ2v) is 6.07. The summed E-state index contributed by atoms with van der Waals surface area (Å²) >= 11 is 0. The van der Waals surface area contributed by atoms with E-state index in [2.05, 4.69) is 15.6 Å². The zero-order chi connectivity index (χ0) is 18.4. The molecule has 1 fully saturated rings. The average Bonchev–Trinajstić information content (AvgIpc) is 2.93. The minimum absolute atomic E-state index is 0.0767. The van der Waals surface area contributed by atoms with E-state index in [0.717, 1.165) is 11.1 Å². The lowest BCUT2D eigenvalue weighted by molar-refractivity contribution is -0.130. The fraction of sp³-hybridized carbons (Fsp3) is 0.263.